The number of carbonyl (C=O) groups is 1. The van der Waals surface area contributed by atoms with Crippen LogP contribution >= 0.6 is 11.8 Å². The van der Waals surface area contributed by atoms with Crippen LogP contribution in [0.15, 0.2) is 53.7 Å². The van der Waals surface area contributed by atoms with Crippen molar-refractivity contribution in [2.24, 2.45) is 0 Å². The van der Waals surface area contributed by atoms with Crippen LogP contribution in [0.5, 0.6) is 0 Å². The number of nitro groups is 1. The van der Waals surface area contributed by atoms with E-state index in [0.717, 1.165) is 22.1 Å². The van der Waals surface area contributed by atoms with Crippen LogP contribution < -0.4 is 5.32 Å². The maximum atomic E-state index is 12.2. The minimum absolute atomic E-state index is 0.123. The van der Waals surface area contributed by atoms with E-state index < -0.39 is 4.92 Å². The Bertz CT molecular complexity index is 1030. The number of hydrogen-bond donors (Lipinski definition) is 1. The standard InChI is InChI=1S/C20H21N5O3S/c1-3-24-19(15-8-6-7-14(2)13-15)22-23-20(24)29-12-11-18(26)21-16-9-4-5-10-17(16)25(27)28/h4-10,13H,3,11-12H2,1-2H3,(H,21,26). The zero-order valence-corrected chi connectivity index (χ0v) is 17.0. The van der Waals surface area contributed by atoms with E-state index in [1.807, 2.05) is 36.6 Å². The van der Waals surface area contributed by atoms with E-state index in [9.17, 15) is 14.9 Å². The van der Waals surface area contributed by atoms with Gasteiger partial charge in [0.05, 0.1) is 4.92 Å². The average Bonchev–Trinajstić information content (AvgIpc) is 3.11. The molecule has 2 aromatic carbocycles. The molecule has 0 atom stereocenters. The number of nitrogens with one attached hydrogen (secondary N) is 1. The van der Waals surface area contributed by atoms with E-state index in [-0.39, 0.29) is 23.7 Å². The van der Waals surface area contributed by atoms with Crippen LogP contribution in [0.3, 0.4) is 0 Å². The molecule has 1 N–H and O–H groups in total. The molecule has 150 valence electrons. The zero-order valence-electron chi connectivity index (χ0n) is 16.2. The van der Waals surface area contributed by atoms with Crippen LogP contribution in [0, 0.1) is 17.0 Å². The number of hydrogen-bond acceptors (Lipinski definition) is 6. The van der Waals surface area contributed by atoms with Gasteiger partial charge in [0, 0.05) is 30.3 Å². The summed E-state index contributed by atoms with van der Waals surface area (Å²) in [6, 6.07) is 14.2. The lowest BCUT2D eigenvalue weighted by Crippen LogP contribution is -2.13. The number of thioether (sulfide) groups is 1. The quantitative estimate of drug-likeness (QED) is 0.337. The van der Waals surface area contributed by atoms with Gasteiger partial charge in [0.2, 0.25) is 5.91 Å². The van der Waals surface area contributed by atoms with Crippen molar-refractivity contribution in [3.63, 3.8) is 0 Å². The van der Waals surface area contributed by atoms with Crippen LogP contribution in [0.2, 0.25) is 0 Å². The van der Waals surface area contributed by atoms with E-state index in [4.69, 9.17) is 0 Å². The largest absolute Gasteiger partial charge is 0.320 e. The number of aromatic nitrogens is 3. The van der Waals surface area contributed by atoms with Gasteiger partial charge in [0.25, 0.3) is 5.69 Å². The van der Waals surface area contributed by atoms with Crippen molar-refractivity contribution < 1.29 is 9.72 Å². The molecule has 0 aliphatic carbocycles. The Morgan fingerprint density at radius 3 is 2.72 bits per heavy atom. The molecule has 8 nitrogen and oxygen atoms in total. The SMILES string of the molecule is CCn1c(SCCC(=O)Nc2ccccc2[N+](=O)[O-])nnc1-c1cccc(C)c1. The molecule has 0 bridgehead atoms. The fourth-order valence-corrected chi connectivity index (χ4v) is 3.80. The highest BCUT2D eigenvalue weighted by atomic mass is 32.2. The summed E-state index contributed by atoms with van der Waals surface area (Å²) in [6.07, 6.45) is 0.201. The lowest BCUT2D eigenvalue weighted by molar-refractivity contribution is -0.383. The predicted molar refractivity (Wildman–Crippen MR) is 113 cm³/mol. The molecule has 3 rings (SSSR count). The topological polar surface area (TPSA) is 103 Å². The van der Waals surface area contributed by atoms with Crippen LogP contribution in [0.4, 0.5) is 11.4 Å². The highest BCUT2D eigenvalue weighted by Gasteiger charge is 2.16. The highest BCUT2D eigenvalue weighted by Crippen LogP contribution is 2.26. The number of amides is 1. The first kappa shape index (κ1) is 20.5. The van der Waals surface area contributed by atoms with E-state index in [2.05, 4.69) is 21.6 Å². The monoisotopic (exact) mass is 411 g/mol. The normalized spacial score (nSPS) is 10.7. The first-order chi connectivity index (χ1) is 14.0. The summed E-state index contributed by atoms with van der Waals surface area (Å²) in [5, 5.41) is 23.0. The Labute approximate surface area is 172 Å². The molecule has 0 saturated heterocycles. The van der Waals surface area contributed by atoms with Crippen molar-refractivity contribution in [2.45, 2.75) is 32.0 Å². The van der Waals surface area contributed by atoms with Gasteiger partial charge in [-0.2, -0.15) is 0 Å². The summed E-state index contributed by atoms with van der Waals surface area (Å²) in [5.41, 5.74) is 2.22. The Balaban J connectivity index is 1.62. The Morgan fingerprint density at radius 1 is 1.21 bits per heavy atom. The summed E-state index contributed by atoms with van der Waals surface area (Å²) in [6.45, 7) is 4.76. The second-order valence-corrected chi connectivity index (χ2v) is 7.40. The zero-order chi connectivity index (χ0) is 20.8. The van der Waals surface area contributed by atoms with Gasteiger partial charge in [-0.3, -0.25) is 14.9 Å². The van der Waals surface area contributed by atoms with Crippen LogP contribution in [0.1, 0.15) is 18.9 Å². The number of benzene rings is 2. The summed E-state index contributed by atoms with van der Waals surface area (Å²) in [7, 11) is 0. The molecule has 1 heterocycles. The van der Waals surface area contributed by atoms with E-state index in [1.165, 1.54) is 23.9 Å². The molecular weight excluding hydrogens is 390 g/mol. The molecule has 0 aliphatic heterocycles. The summed E-state index contributed by atoms with van der Waals surface area (Å²) < 4.78 is 2.01. The minimum atomic E-state index is -0.513. The fourth-order valence-electron chi connectivity index (χ4n) is 2.86. The van der Waals surface area contributed by atoms with Crippen molar-refractivity contribution in [1.82, 2.24) is 14.8 Å². The van der Waals surface area contributed by atoms with Crippen molar-refractivity contribution >= 4 is 29.0 Å². The Kier molecular flexibility index (Phi) is 6.61. The van der Waals surface area contributed by atoms with Gasteiger partial charge in [0.1, 0.15) is 5.69 Å². The first-order valence-electron chi connectivity index (χ1n) is 9.16. The van der Waals surface area contributed by atoms with E-state index in [1.54, 1.807) is 12.1 Å². The number of nitrogens with zero attached hydrogens (tertiary/aromatic N) is 4. The number of carbonyl (C=O) groups excluding carboxylic acids is 1. The second kappa shape index (κ2) is 9.33. The number of para-hydroxylation sites is 2. The smallest absolute Gasteiger partial charge is 0.292 e. The summed E-state index contributed by atoms with van der Waals surface area (Å²) in [5.74, 6) is 0.995. The molecule has 0 fully saturated rings. The first-order valence-corrected chi connectivity index (χ1v) is 10.1. The molecule has 1 amide bonds. The van der Waals surface area contributed by atoms with Crippen LogP contribution in [-0.2, 0) is 11.3 Å². The molecule has 3 aromatic rings. The van der Waals surface area contributed by atoms with Gasteiger partial charge < -0.3 is 9.88 Å². The molecule has 0 saturated carbocycles. The third kappa shape index (κ3) is 5.00. The van der Waals surface area contributed by atoms with E-state index in [0.29, 0.717) is 12.3 Å². The molecule has 0 radical (unpaired) electrons. The van der Waals surface area contributed by atoms with Crippen molar-refractivity contribution in [2.75, 3.05) is 11.1 Å². The van der Waals surface area contributed by atoms with Gasteiger partial charge in [-0.15, -0.1) is 10.2 Å². The van der Waals surface area contributed by atoms with E-state index >= 15 is 0 Å². The Morgan fingerprint density at radius 2 is 2.00 bits per heavy atom. The number of nitro benzene ring substituents is 1. The minimum Gasteiger partial charge on any atom is -0.320 e. The third-order valence-corrected chi connectivity index (χ3v) is 5.21. The lowest BCUT2D eigenvalue weighted by atomic mass is 10.1. The maximum absolute atomic E-state index is 12.2. The van der Waals surface area contributed by atoms with Gasteiger partial charge in [-0.05, 0) is 26.0 Å². The van der Waals surface area contributed by atoms with Gasteiger partial charge in [-0.1, -0.05) is 47.7 Å². The van der Waals surface area contributed by atoms with Gasteiger partial charge in [0.15, 0.2) is 11.0 Å². The molecule has 0 aliphatic rings. The van der Waals surface area contributed by atoms with Crippen molar-refractivity contribution in [1.29, 1.82) is 0 Å². The predicted octanol–water partition coefficient (Wildman–Crippen LogP) is 4.30. The lowest BCUT2D eigenvalue weighted by Gasteiger charge is -2.08. The molecule has 0 spiro atoms. The second-order valence-electron chi connectivity index (χ2n) is 6.34. The molecular formula is C20H21N5O3S. The fraction of sp³-hybridized carbons (Fsp3) is 0.250. The number of anilines is 1. The van der Waals surface area contributed by atoms with Crippen LogP contribution in [-0.4, -0.2) is 31.3 Å². The maximum Gasteiger partial charge on any atom is 0.292 e. The molecule has 0 unspecified atom stereocenters. The summed E-state index contributed by atoms with van der Waals surface area (Å²) >= 11 is 1.44. The Hall–Kier alpha value is -3.20. The molecule has 1 aromatic heterocycles. The third-order valence-electron chi connectivity index (χ3n) is 4.24. The number of aryl methyl sites for hydroxylation is 1. The number of rotatable bonds is 8. The average molecular weight is 411 g/mol. The van der Waals surface area contributed by atoms with Crippen LogP contribution in [0.25, 0.3) is 11.4 Å². The van der Waals surface area contributed by atoms with Crippen molar-refractivity contribution in [3.05, 3.63) is 64.2 Å². The molecule has 9 heteroatoms. The summed E-state index contributed by atoms with van der Waals surface area (Å²) in [4.78, 5) is 22.7. The van der Waals surface area contributed by atoms with Crippen molar-refractivity contribution in [3.8, 4) is 11.4 Å². The highest BCUT2D eigenvalue weighted by molar-refractivity contribution is 7.99. The van der Waals surface area contributed by atoms with Gasteiger partial charge >= 0.3 is 0 Å². The van der Waals surface area contributed by atoms with Gasteiger partial charge in [-0.25, -0.2) is 0 Å². The molecule has 29 heavy (non-hydrogen) atoms.